The highest BCUT2D eigenvalue weighted by Crippen LogP contribution is 2.27. The lowest BCUT2D eigenvalue weighted by molar-refractivity contribution is -0.111. The van der Waals surface area contributed by atoms with Crippen LogP contribution < -0.4 is 5.69 Å². The van der Waals surface area contributed by atoms with Crippen LogP contribution in [-0.4, -0.2) is 15.8 Å². The Bertz CT molecular complexity index is 775. The fourth-order valence-corrected chi connectivity index (χ4v) is 4.00. The van der Waals surface area contributed by atoms with Gasteiger partial charge in [-0.05, 0) is 55.2 Å². The van der Waals surface area contributed by atoms with Gasteiger partial charge in [0.05, 0.1) is 11.0 Å². The van der Waals surface area contributed by atoms with E-state index in [9.17, 15) is 9.59 Å². The van der Waals surface area contributed by atoms with Crippen LogP contribution in [0.5, 0.6) is 0 Å². The van der Waals surface area contributed by atoms with Crippen LogP contribution in [0.3, 0.4) is 0 Å². The summed E-state index contributed by atoms with van der Waals surface area (Å²) in [6.45, 7) is 11.2. The quantitative estimate of drug-likeness (QED) is 0.450. The Morgan fingerprint density at radius 1 is 1.03 bits per heavy atom. The number of aldehydes is 1. The largest absolute Gasteiger partial charge is 0.326 e. The van der Waals surface area contributed by atoms with E-state index >= 15 is 0 Å². The van der Waals surface area contributed by atoms with Crippen LogP contribution in [0.2, 0.25) is 0 Å². The van der Waals surface area contributed by atoms with Crippen molar-refractivity contribution in [1.82, 2.24) is 9.55 Å². The predicted octanol–water partition coefficient (Wildman–Crippen LogP) is 6.27. The van der Waals surface area contributed by atoms with Crippen molar-refractivity contribution >= 4 is 17.3 Å². The number of fused-ring (bicyclic) bond motifs is 1. The van der Waals surface area contributed by atoms with Gasteiger partial charge in [0.15, 0.2) is 0 Å². The van der Waals surface area contributed by atoms with Crippen LogP contribution in [0.15, 0.2) is 23.0 Å². The van der Waals surface area contributed by atoms with Crippen LogP contribution in [0.4, 0.5) is 0 Å². The molecule has 0 fully saturated rings. The summed E-state index contributed by atoms with van der Waals surface area (Å²) in [6, 6.07) is 6.05. The molecule has 3 atom stereocenters. The molecule has 0 aliphatic carbocycles. The van der Waals surface area contributed by atoms with E-state index in [1.54, 1.807) is 11.6 Å². The molecule has 1 aromatic carbocycles. The molecule has 0 amide bonds. The topological polar surface area (TPSA) is 54.9 Å². The lowest BCUT2D eigenvalue weighted by atomic mass is 9.82. The molecule has 1 heterocycles. The number of aryl methyl sites for hydroxylation is 2. The minimum atomic E-state index is -0.0525. The molecule has 0 saturated heterocycles. The smallest absolute Gasteiger partial charge is 0.306 e. The molecule has 29 heavy (non-hydrogen) atoms. The first-order valence-corrected chi connectivity index (χ1v) is 11.5. The first kappa shape index (κ1) is 25.2. The third-order valence-corrected chi connectivity index (χ3v) is 6.25. The molecular formula is C25H42N2O2. The number of H-pyrrole nitrogens is 1. The Hall–Kier alpha value is -1.84. The lowest BCUT2D eigenvalue weighted by Crippen LogP contribution is -2.13. The normalized spacial score (nSPS) is 14.1. The molecule has 164 valence electrons. The highest BCUT2D eigenvalue weighted by atomic mass is 16.1. The number of carbonyl (C=O) groups excluding carboxylic acids is 1. The molecule has 2 aromatic rings. The Balaban J connectivity index is 0.000000294. The maximum Gasteiger partial charge on any atom is 0.326 e. The summed E-state index contributed by atoms with van der Waals surface area (Å²) in [5.74, 6) is 1.96. The average molecular weight is 403 g/mol. The number of rotatable bonds is 11. The zero-order valence-electron chi connectivity index (χ0n) is 19.5. The minimum absolute atomic E-state index is 0.0525. The Morgan fingerprint density at radius 3 is 2.28 bits per heavy atom. The van der Waals surface area contributed by atoms with E-state index in [0.29, 0.717) is 5.92 Å². The highest BCUT2D eigenvalue weighted by molar-refractivity contribution is 5.75. The number of carbonyl (C=O) groups is 1. The van der Waals surface area contributed by atoms with Gasteiger partial charge in [-0.1, -0.05) is 66.4 Å². The zero-order valence-corrected chi connectivity index (χ0v) is 19.5. The number of aromatic nitrogens is 2. The van der Waals surface area contributed by atoms with Gasteiger partial charge in [0.1, 0.15) is 6.29 Å². The summed E-state index contributed by atoms with van der Waals surface area (Å²) < 4.78 is 1.62. The molecule has 0 aliphatic heterocycles. The second-order valence-electron chi connectivity index (χ2n) is 8.39. The first-order chi connectivity index (χ1) is 13.9. The van der Waals surface area contributed by atoms with Crippen molar-refractivity contribution in [3.63, 3.8) is 0 Å². The van der Waals surface area contributed by atoms with E-state index in [1.165, 1.54) is 37.5 Å². The fraction of sp³-hybridized carbons (Fsp3) is 0.680. The number of benzene rings is 1. The van der Waals surface area contributed by atoms with E-state index in [1.807, 2.05) is 12.1 Å². The van der Waals surface area contributed by atoms with Crippen molar-refractivity contribution in [1.29, 1.82) is 0 Å². The molecule has 0 spiro atoms. The summed E-state index contributed by atoms with van der Waals surface area (Å²) in [6.07, 6.45) is 10.6. The number of aromatic amines is 1. The first-order valence-electron chi connectivity index (χ1n) is 11.5. The molecule has 0 aliphatic rings. The SMILES string of the molecule is CCCC(C=O)CC[C@@H](CCC)C(C)CC.CCc1ccc2c(c1)[nH]c(=O)n2C. The third-order valence-electron chi connectivity index (χ3n) is 6.25. The van der Waals surface area contributed by atoms with Crippen LogP contribution in [0.1, 0.15) is 85.1 Å². The number of hydrogen-bond acceptors (Lipinski definition) is 2. The van der Waals surface area contributed by atoms with Crippen LogP contribution >= 0.6 is 0 Å². The van der Waals surface area contributed by atoms with Crippen molar-refractivity contribution < 1.29 is 4.79 Å². The van der Waals surface area contributed by atoms with E-state index < -0.39 is 0 Å². The van der Waals surface area contributed by atoms with E-state index in [4.69, 9.17) is 0 Å². The van der Waals surface area contributed by atoms with E-state index in [0.717, 1.165) is 48.6 Å². The standard InChI is InChI=1S/C15H30O.C10H12N2O/c1-5-8-14(12-16)10-11-15(9-6-2)13(4)7-3;1-3-7-4-5-9-8(6-7)11-10(13)12(9)2/h12-15H,5-11H2,1-4H3;4-6H,3H2,1-2H3,(H,11,13)/t13?,14?,15-;/m1./s1. The molecule has 2 rings (SSSR count). The number of nitrogens with one attached hydrogen (secondary N) is 1. The molecule has 2 unspecified atom stereocenters. The molecule has 1 N–H and O–H groups in total. The summed E-state index contributed by atoms with van der Waals surface area (Å²) >= 11 is 0. The molecular weight excluding hydrogens is 360 g/mol. The van der Waals surface area contributed by atoms with Crippen LogP contribution in [0.25, 0.3) is 11.0 Å². The molecule has 0 saturated carbocycles. The van der Waals surface area contributed by atoms with Gasteiger partial charge in [-0.2, -0.15) is 0 Å². The van der Waals surface area contributed by atoms with Gasteiger partial charge in [0, 0.05) is 13.0 Å². The molecule has 4 nitrogen and oxygen atoms in total. The van der Waals surface area contributed by atoms with Crippen molar-refractivity contribution in [2.24, 2.45) is 24.8 Å². The van der Waals surface area contributed by atoms with Gasteiger partial charge < -0.3 is 9.78 Å². The number of nitrogens with zero attached hydrogens (tertiary/aromatic N) is 1. The lowest BCUT2D eigenvalue weighted by Gasteiger charge is -2.23. The van der Waals surface area contributed by atoms with Crippen molar-refractivity contribution in [3.05, 3.63) is 34.2 Å². The van der Waals surface area contributed by atoms with Gasteiger partial charge in [-0.3, -0.25) is 4.57 Å². The van der Waals surface area contributed by atoms with Gasteiger partial charge >= 0.3 is 5.69 Å². The maximum atomic E-state index is 11.2. The number of hydrogen-bond donors (Lipinski definition) is 1. The van der Waals surface area contributed by atoms with Crippen molar-refractivity contribution in [2.75, 3.05) is 0 Å². The van der Waals surface area contributed by atoms with Gasteiger partial charge in [0.2, 0.25) is 0 Å². The average Bonchev–Trinajstić information content (AvgIpc) is 3.02. The predicted molar refractivity (Wildman–Crippen MR) is 124 cm³/mol. The van der Waals surface area contributed by atoms with E-state index in [-0.39, 0.29) is 5.69 Å². The zero-order chi connectivity index (χ0) is 21.8. The molecule has 0 radical (unpaired) electrons. The van der Waals surface area contributed by atoms with Gasteiger partial charge in [-0.25, -0.2) is 4.79 Å². The molecule has 4 heteroatoms. The third kappa shape index (κ3) is 7.83. The summed E-state index contributed by atoms with van der Waals surface area (Å²) in [7, 11) is 1.77. The number of imidazole rings is 1. The molecule has 0 bridgehead atoms. The minimum Gasteiger partial charge on any atom is -0.306 e. The van der Waals surface area contributed by atoms with Gasteiger partial charge in [0.25, 0.3) is 0 Å². The highest BCUT2D eigenvalue weighted by Gasteiger charge is 2.17. The fourth-order valence-electron chi connectivity index (χ4n) is 4.00. The van der Waals surface area contributed by atoms with E-state index in [2.05, 4.69) is 45.7 Å². The monoisotopic (exact) mass is 402 g/mol. The molecule has 1 aromatic heterocycles. The van der Waals surface area contributed by atoms with Crippen molar-refractivity contribution in [2.45, 2.75) is 86.0 Å². The Labute approximate surface area is 177 Å². The maximum absolute atomic E-state index is 11.2. The second-order valence-corrected chi connectivity index (χ2v) is 8.39. The summed E-state index contributed by atoms with van der Waals surface area (Å²) in [5, 5.41) is 0. The summed E-state index contributed by atoms with van der Waals surface area (Å²) in [5.41, 5.74) is 3.08. The van der Waals surface area contributed by atoms with Crippen molar-refractivity contribution in [3.8, 4) is 0 Å². The summed E-state index contributed by atoms with van der Waals surface area (Å²) in [4.78, 5) is 25.0. The van der Waals surface area contributed by atoms with Crippen LogP contribution in [0, 0.1) is 17.8 Å². The Kier molecular flexibility index (Phi) is 11.6. The Morgan fingerprint density at radius 2 is 1.72 bits per heavy atom. The van der Waals surface area contributed by atoms with Crippen LogP contribution in [-0.2, 0) is 18.3 Å². The van der Waals surface area contributed by atoms with Gasteiger partial charge in [-0.15, -0.1) is 0 Å². The second kappa shape index (κ2) is 13.4.